The molecule has 0 aliphatic carbocycles. The van der Waals surface area contributed by atoms with E-state index in [-0.39, 0.29) is 18.9 Å². The molecule has 0 saturated carbocycles. The third-order valence-electron chi connectivity index (χ3n) is 5.01. The van der Waals surface area contributed by atoms with Crippen molar-refractivity contribution in [1.29, 1.82) is 0 Å². The van der Waals surface area contributed by atoms with E-state index in [0.29, 0.717) is 23.7 Å². The van der Waals surface area contributed by atoms with Crippen LogP contribution >= 0.6 is 11.6 Å². The summed E-state index contributed by atoms with van der Waals surface area (Å²) in [4.78, 5) is 30.6. The van der Waals surface area contributed by atoms with Crippen LogP contribution in [-0.4, -0.2) is 76.6 Å². The maximum atomic E-state index is 13.1. The van der Waals surface area contributed by atoms with Gasteiger partial charge in [0.1, 0.15) is 5.60 Å². The first-order valence-corrected chi connectivity index (χ1v) is 13.4. The molecule has 2 aromatic rings. The molecule has 1 aromatic carbocycles. The van der Waals surface area contributed by atoms with E-state index >= 15 is 0 Å². The molecule has 0 fully saturated rings. The van der Waals surface area contributed by atoms with E-state index in [1.54, 1.807) is 29.4 Å². The van der Waals surface area contributed by atoms with Crippen molar-refractivity contribution in [1.82, 2.24) is 15.2 Å². The van der Waals surface area contributed by atoms with Gasteiger partial charge in [0.05, 0.1) is 0 Å². The summed E-state index contributed by atoms with van der Waals surface area (Å²) in [6.07, 6.45) is 4.57. The molecule has 182 valence electrons. The summed E-state index contributed by atoms with van der Waals surface area (Å²) < 4.78 is 6.32. The zero-order valence-corrected chi connectivity index (χ0v) is 24.1. The number of rotatable bonds is 11. The number of hydrogen-bond acceptors (Lipinski definition) is 5. The quantitative estimate of drug-likeness (QED) is 0.393. The molecule has 2 N–H and O–H groups in total. The standard InChI is InChI=1S/C25H33ClN3O4.In/c1-25(2,3)33-24(32)28-13-5-4-6-14-29(18-22(30)20-10-8-12-27-17-20)23(31)16-19-9-7-11-21(26)15-19;/h7-10,12,15,17,22,30H,4-6,13-14,16,18H2,1-3H3,(H,28,32);/t22-;/m1./s1. The molecule has 0 aliphatic heterocycles. The summed E-state index contributed by atoms with van der Waals surface area (Å²) in [6, 6.07) is 9.30. The summed E-state index contributed by atoms with van der Waals surface area (Å²) in [5.74, 6) is -0.0637. The SMILES string of the molecule is CC(C)(C)OC(=O)NCCCCCN(C[C@@H](O)c1cccnc1)C(=O)Cc1cc[c]([In])c(Cl)c1. The molecular formula is C25H33ClInN3O4. The minimum absolute atomic E-state index is 0.0637. The van der Waals surface area contributed by atoms with Gasteiger partial charge in [-0.15, -0.1) is 0 Å². The monoisotopic (exact) mass is 589 g/mol. The second kappa shape index (κ2) is 14.0. The van der Waals surface area contributed by atoms with Gasteiger partial charge in [-0.1, -0.05) is 0 Å². The van der Waals surface area contributed by atoms with Crippen molar-refractivity contribution in [2.45, 2.75) is 58.2 Å². The Morgan fingerprint density at radius 1 is 1.24 bits per heavy atom. The molecule has 0 unspecified atom stereocenters. The van der Waals surface area contributed by atoms with Gasteiger partial charge in [-0.05, 0) is 20.8 Å². The zero-order valence-electron chi connectivity index (χ0n) is 20.1. The Bertz CT molecular complexity index is 938. The van der Waals surface area contributed by atoms with E-state index in [4.69, 9.17) is 16.3 Å². The fraction of sp³-hybridized carbons (Fsp3) is 0.480. The first-order valence-electron chi connectivity index (χ1n) is 11.4. The fourth-order valence-electron chi connectivity index (χ4n) is 3.28. The summed E-state index contributed by atoms with van der Waals surface area (Å²) in [5, 5.41) is 14.1. The van der Waals surface area contributed by atoms with Crippen molar-refractivity contribution >= 4 is 51.3 Å². The Morgan fingerprint density at radius 3 is 2.65 bits per heavy atom. The van der Waals surface area contributed by atoms with Gasteiger partial charge in [0.25, 0.3) is 0 Å². The second-order valence-electron chi connectivity index (χ2n) is 9.16. The van der Waals surface area contributed by atoms with Gasteiger partial charge in [-0.25, -0.2) is 4.79 Å². The van der Waals surface area contributed by atoms with Crippen LogP contribution in [0.1, 0.15) is 57.3 Å². The van der Waals surface area contributed by atoms with Crippen molar-refractivity contribution in [3.63, 3.8) is 0 Å². The Morgan fingerprint density at radius 2 is 2.00 bits per heavy atom. The third-order valence-corrected chi connectivity index (χ3v) is 7.29. The van der Waals surface area contributed by atoms with Crippen LogP contribution < -0.4 is 8.64 Å². The van der Waals surface area contributed by atoms with Crippen LogP contribution in [0.15, 0.2) is 42.7 Å². The molecule has 0 aliphatic rings. The average Bonchev–Trinajstić information content (AvgIpc) is 2.77. The number of pyridine rings is 1. The third kappa shape index (κ3) is 10.7. The Balaban J connectivity index is 1.90. The number of carbonyl (C=O) groups is 2. The van der Waals surface area contributed by atoms with Crippen molar-refractivity contribution in [3.05, 3.63) is 58.9 Å². The van der Waals surface area contributed by atoms with Crippen LogP contribution in [0.3, 0.4) is 0 Å². The number of aromatic nitrogens is 1. The van der Waals surface area contributed by atoms with Crippen molar-refractivity contribution < 1.29 is 19.4 Å². The Kier molecular flexibility index (Phi) is 11.7. The number of unbranched alkanes of at least 4 members (excludes halogenated alkanes) is 2. The predicted octanol–water partition coefficient (Wildman–Crippen LogP) is 3.33. The number of hydrogen-bond donors (Lipinski definition) is 2. The number of carbonyl (C=O) groups excluding carboxylic acids is 2. The molecule has 1 atom stereocenters. The van der Waals surface area contributed by atoms with Gasteiger partial charge in [-0.3, -0.25) is 0 Å². The molecule has 0 saturated heterocycles. The average molecular weight is 590 g/mol. The number of aliphatic hydroxyl groups is 1. The van der Waals surface area contributed by atoms with E-state index in [0.717, 1.165) is 52.5 Å². The number of amides is 2. The zero-order chi connectivity index (χ0) is 25.1. The van der Waals surface area contributed by atoms with Crippen LogP contribution in [0.2, 0.25) is 5.02 Å². The van der Waals surface area contributed by atoms with E-state index in [1.807, 2.05) is 39.0 Å². The molecule has 7 nitrogen and oxygen atoms in total. The summed E-state index contributed by atoms with van der Waals surface area (Å²) in [6.45, 7) is 6.67. The normalized spacial score (nSPS) is 12.1. The van der Waals surface area contributed by atoms with Crippen LogP contribution in [0.5, 0.6) is 0 Å². The summed E-state index contributed by atoms with van der Waals surface area (Å²) >= 11 is 7.17. The van der Waals surface area contributed by atoms with Crippen LogP contribution in [0.4, 0.5) is 4.79 Å². The molecule has 2 radical (unpaired) electrons. The van der Waals surface area contributed by atoms with Gasteiger partial charge >= 0.3 is 175 Å². The molecule has 34 heavy (non-hydrogen) atoms. The number of ether oxygens (including phenoxy) is 1. The van der Waals surface area contributed by atoms with Gasteiger partial charge in [0.15, 0.2) is 0 Å². The molecular weight excluding hydrogens is 557 g/mol. The number of nitrogens with one attached hydrogen (secondary N) is 1. The summed E-state index contributed by atoms with van der Waals surface area (Å²) in [5.41, 5.74) is 1.00. The van der Waals surface area contributed by atoms with Crippen LogP contribution in [0.25, 0.3) is 0 Å². The molecule has 0 spiro atoms. The number of alkyl carbamates (subject to hydrolysis) is 1. The van der Waals surface area contributed by atoms with Gasteiger partial charge in [0.2, 0.25) is 0 Å². The molecule has 1 heterocycles. The van der Waals surface area contributed by atoms with Crippen molar-refractivity contribution in [3.8, 4) is 0 Å². The van der Waals surface area contributed by atoms with E-state index in [2.05, 4.69) is 10.3 Å². The van der Waals surface area contributed by atoms with E-state index in [1.165, 1.54) is 0 Å². The van der Waals surface area contributed by atoms with Crippen molar-refractivity contribution in [2.75, 3.05) is 19.6 Å². The predicted molar refractivity (Wildman–Crippen MR) is 134 cm³/mol. The summed E-state index contributed by atoms with van der Waals surface area (Å²) in [7, 11) is 0. The number of nitrogens with zero attached hydrogens (tertiary/aromatic N) is 2. The Hall–Kier alpha value is -1.77. The second-order valence-corrected chi connectivity index (χ2v) is 11.3. The fourth-order valence-corrected chi connectivity index (χ4v) is 4.00. The maximum absolute atomic E-state index is 13.1. The van der Waals surface area contributed by atoms with Gasteiger partial charge < -0.3 is 10.1 Å². The number of benzene rings is 1. The van der Waals surface area contributed by atoms with E-state index < -0.39 is 17.8 Å². The molecule has 2 amide bonds. The minimum atomic E-state index is -0.821. The Labute approximate surface area is 221 Å². The molecule has 1 aromatic heterocycles. The number of aliphatic hydroxyl groups excluding tert-OH is 1. The number of halogens is 1. The van der Waals surface area contributed by atoms with Gasteiger partial charge in [-0.2, -0.15) is 0 Å². The molecule has 9 heteroatoms. The molecule has 0 bridgehead atoms. The van der Waals surface area contributed by atoms with Crippen LogP contribution in [0, 0.1) is 0 Å². The molecule has 2 rings (SSSR count). The van der Waals surface area contributed by atoms with E-state index in [9.17, 15) is 14.7 Å². The van der Waals surface area contributed by atoms with Gasteiger partial charge in [0, 0.05) is 6.20 Å². The first-order chi connectivity index (χ1) is 16.0. The van der Waals surface area contributed by atoms with Crippen LogP contribution in [-0.2, 0) is 16.0 Å². The topological polar surface area (TPSA) is 91.8 Å². The van der Waals surface area contributed by atoms with Crippen molar-refractivity contribution in [2.24, 2.45) is 0 Å². The first kappa shape index (κ1) is 28.5.